The first-order valence-electron chi connectivity index (χ1n) is 13.0. The van der Waals surface area contributed by atoms with Crippen LogP contribution in [0.1, 0.15) is 42.9 Å². The SMILES string of the molecule is CC[C@H](C)[C@H](NC(=O)OCc1ccccc1)C(=O)C(c1ccccc1)[C@H](N)[C@@H](O)C(=O)NCc1ccncc1. The molecule has 0 aliphatic carbocycles. The normalized spacial score (nSPS) is 14.8. The molecule has 1 unspecified atom stereocenters. The molecule has 3 rings (SSSR count). The van der Waals surface area contributed by atoms with Crippen molar-refractivity contribution >= 4 is 17.8 Å². The molecule has 39 heavy (non-hydrogen) atoms. The first kappa shape index (κ1) is 29.5. The summed E-state index contributed by atoms with van der Waals surface area (Å²) in [6.45, 7) is 3.96. The fourth-order valence-electron chi connectivity index (χ4n) is 4.20. The van der Waals surface area contributed by atoms with Gasteiger partial charge in [0, 0.05) is 18.9 Å². The molecule has 9 nitrogen and oxygen atoms in total. The van der Waals surface area contributed by atoms with Crippen molar-refractivity contribution in [2.45, 2.75) is 57.5 Å². The highest BCUT2D eigenvalue weighted by Gasteiger charge is 2.40. The van der Waals surface area contributed by atoms with E-state index in [2.05, 4.69) is 15.6 Å². The van der Waals surface area contributed by atoms with E-state index in [0.717, 1.165) is 11.1 Å². The van der Waals surface area contributed by atoms with E-state index in [9.17, 15) is 19.5 Å². The number of nitrogens with two attached hydrogens (primary N) is 1. The van der Waals surface area contributed by atoms with E-state index < -0.39 is 41.9 Å². The van der Waals surface area contributed by atoms with E-state index in [4.69, 9.17) is 10.5 Å². The van der Waals surface area contributed by atoms with Crippen LogP contribution in [0.5, 0.6) is 0 Å². The number of nitrogens with zero attached hydrogens (tertiary/aromatic N) is 1. The Morgan fingerprint density at radius 2 is 1.56 bits per heavy atom. The Balaban J connectivity index is 1.78. The van der Waals surface area contributed by atoms with Gasteiger partial charge >= 0.3 is 6.09 Å². The van der Waals surface area contributed by atoms with E-state index in [0.29, 0.717) is 12.0 Å². The topological polar surface area (TPSA) is 144 Å². The van der Waals surface area contributed by atoms with Crippen molar-refractivity contribution in [2.24, 2.45) is 11.7 Å². The zero-order valence-corrected chi connectivity index (χ0v) is 22.2. The third-order valence-electron chi connectivity index (χ3n) is 6.71. The molecule has 2 aromatic carbocycles. The summed E-state index contributed by atoms with van der Waals surface area (Å²) in [5.74, 6) is -2.46. The molecule has 0 aliphatic rings. The number of carbonyl (C=O) groups excluding carboxylic acids is 3. The maximum Gasteiger partial charge on any atom is 0.408 e. The fraction of sp³-hybridized carbons (Fsp3) is 0.333. The van der Waals surface area contributed by atoms with Crippen LogP contribution in [-0.4, -0.2) is 46.1 Å². The van der Waals surface area contributed by atoms with Gasteiger partial charge in [0.15, 0.2) is 5.78 Å². The summed E-state index contributed by atoms with van der Waals surface area (Å²) in [4.78, 5) is 43.5. The second-order valence-electron chi connectivity index (χ2n) is 9.46. The molecule has 0 saturated heterocycles. The molecule has 0 bridgehead atoms. The zero-order valence-electron chi connectivity index (χ0n) is 22.2. The Kier molecular flexibility index (Phi) is 11.1. The number of ketones is 1. The van der Waals surface area contributed by atoms with E-state index in [1.54, 1.807) is 54.9 Å². The predicted molar refractivity (Wildman–Crippen MR) is 147 cm³/mol. The van der Waals surface area contributed by atoms with Crippen molar-refractivity contribution in [3.05, 3.63) is 102 Å². The van der Waals surface area contributed by atoms with Gasteiger partial charge in [-0.05, 0) is 34.7 Å². The van der Waals surface area contributed by atoms with Gasteiger partial charge in [0.2, 0.25) is 0 Å². The number of pyridine rings is 1. The lowest BCUT2D eigenvalue weighted by Gasteiger charge is -2.32. The molecule has 3 aromatic rings. The molecule has 5 N–H and O–H groups in total. The average molecular weight is 533 g/mol. The molecule has 1 aromatic heterocycles. The Bertz CT molecular complexity index is 1190. The Morgan fingerprint density at radius 1 is 0.949 bits per heavy atom. The largest absolute Gasteiger partial charge is 0.445 e. The molecule has 206 valence electrons. The number of Topliss-reactive ketones (excluding diaryl/α,β-unsaturated/α-hetero) is 1. The van der Waals surface area contributed by atoms with E-state index in [1.807, 2.05) is 44.2 Å². The second kappa shape index (κ2) is 14.8. The summed E-state index contributed by atoms with van der Waals surface area (Å²) >= 11 is 0. The Morgan fingerprint density at radius 3 is 2.18 bits per heavy atom. The molecular weight excluding hydrogens is 496 g/mol. The van der Waals surface area contributed by atoms with Gasteiger partial charge < -0.3 is 26.2 Å². The molecular formula is C30H36N4O5. The summed E-state index contributed by atoms with van der Waals surface area (Å²) in [5.41, 5.74) is 8.56. The number of aliphatic hydroxyl groups is 1. The Hall–Kier alpha value is -4.08. The van der Waals surface area contributed by atoms with Gasteiger partial charge in [-0.25, -0.2) is 4.79 Å². The molecule has 1 heterocycles. The lowest BCUT2D eigenvalue weighted by molar-refractivity contribution is -0.132. The number of ether oxygens (including phenoxy) is 1. The lowest BCUT2D eigenvalue weighted by atomic mass is 9.79. The number of aromatic nitrogens is 1. The van der Waals surface area contributed by atoms with Gasteiger partial charge in [0.25, 0.3) is 5.91 Å². The smallest absolute Gasteiger partial charge is 0.408 e. The predicted octanol–water partition coefficient (Wildman–Crippen LogP) is 3.08. The molecule has 2 amide bonds. The first-order valence-corrected chi connectivity index (χ1v) is 13.0. The number of hydrogen-bond acceptors (Lipinski definition) is 7. The number of carbonyl (C=O) groups is 3. The van der Waals surface area contributed by atoms with Crippen molar-refractivity contribution in [1.82, 2.24) is 15.6 Å². The van der Waals surface area contributed by atoms with Crippen molar-refractivity contribution < 1.29 is 24.2 Å². The molecule has 0 spiro atoms. The summed E-state index contributed by atoms with van der Waals surface area (Å²) in [6.07, 6.45) is 1.36. The molecule has 9 heteroatoms. The number of benzene rings is 2. The van der Waals surface area contributed by atoms with Crippen LogP contribution >= 0.6 is 0 Å². The number of aliphatic hydroxyl groups excluding tert-OH is 1. The number of nitrogens with one attached hydrogen (secondary N) is 2. The molecule has 5 atom stereocenters. The van der Waals surface area contributed by atoms with Gasteiger partial charge in [0.05, 0.1) is 18.0 Å². The van der Waals surface area contributed by atoms with Crippen molar-refractivity contribution in [1.29, 1.82) is 0 Å². The standard InChI is InChI=1S/C30H36N4O5/c1-3-20(2)26(34-30(38)39-19-22-10-6-4-7-11-22)27(35)24(23-12-8-5-9-13-23)25(31)28(36)29(37)33-18-21-14-16-32-17-15-21/h4-17,20,24-26,28,36H,3,18-19,31H2,1-2H3,(H,33,37)(H,34,38)/t20-,24?,25-,26-,28+/m0/s1. The molecule has 0 saturated carbocycles. The number of hydrogen-bond donors (Lipinski definition) is 4. The van der Waals surface area contributed by atoms with Crippen LogP contribution in [0.2, 0.25) is 0 Å². The van der Waals surface area contributed by atoms with Crippen LogP contribution in [0.3, 0.4) is 0 Å². The van der Waals surface area contributed by atoms with Crippen molar-refractivity contribution in [3.63, 3.8) is 0 Å². The number of amides is 2. The number of alkyl carbamates (subject to hydrolysis) is 1. The van der Waals surface area contributed by atoms with Crippen LogP contribution in [0.4, 0.5) is 4.79 Å². The van der Waals surface area contributed by atoms with E-state index in [-0.39, 0.29) is 19.1 Å². The van der Waals surface area contributed by atoms with Crippen molar-refractivity contribution in [3.8, 4) is 0 Å². The average Bonchev–Trinajstić information content (AvgIpc) is 2.98. The summed E-state index contributed by atoms with van der Waals surface area (Å²) in [6, 6.07) is 19.2. The minimum absolute atomic E-state index is 0.0477. The van der Waals surface area contributed by atoms with Crippen LogP contribution in [-0.2, 0) is 27.5 Å². The third-order valence-corrected chi connectivity index (χ3v) is 6.71. The van der Waals surface area contributed by atoms with Gasteiger partial charge in [-0.3, -0.25) is 14.6 Å². The van der Waals surface area contributed by atoms with Gasteiger partial charge in [-0.1, -0.05) is 80.9 Å². The maximum atomic E-state index is 14.0. The lowest BCUT2D eigenvalue weighted by Crippen LogP contribution is -2.55. The highest BCUT2D eigenvalue weighted by molar-refractivity contribution is 5.95. The molecule has 0 fully saturated rings. The zero-order chi connectivity index (χ0) is 28.2. The summed E-state index contributed by atoms with van der Waals surface area (Å²) in [7, 11) is 0. The summed E-state index contributed by atoms with van der Waals surface area (Å²) in [5, 5.41) is 16.3. The first-order chi connectivity index (χ1) is 18.8. The second-order valence-corrected chi connectivity index (χ2v) is 9.46. The summed E-state index contributed by atoms with van der Waals surface area (Å²) < 4.78 is 5.36. The minimum atomic E-state index is -1.68. The van der Waals surface area contributed by atoms with Crippen LogP contribution in [0.15, 0.2) is 85.2 Å². The fourth-order valence-corrected chi connectivity index (χ4v) is 4.20. The maximum absolute atomic E-state index is 14.0. The minimum Gasteiger partial charge on any atom is -0.445 e. The van der Waals surface area contributed by atoms with Crippen LogP contribution < -0.4 is 16.4 Å². The van der Waals surface area contributed by atoms with E-state index >= 15 is 0 Å². The van der Waals surface area contributed by atoms with Crippen LogP contribution in [0, 0.1) is 5.92 Å². The van der Waals surface area contributed by atoms with Gasteiger partial charge in [-0.15, -0.1) is 0 Å². The van der Waals surface area contributed by atoms with Crippen molar-refractivity contribution in [2.75, 3.05) is 0 Å². The van der Waals surface area contributed by atoms with Gasteiger partial charge in [0.1, 0.15) is 12.7 Å². The van der Waals surface area contributed by atoms with E-state index in [1.165, 1.54) is 0 Å². The monoisotopic (exact) mass is 532 g/mol. The van der Waals surface area contributed by atoms with Gasteiger partial charge in [-0.2, -0.15) is 0 Å². The highest BCUT2D eigenvalue weighted by atomic mass is 16.5. The Labute approximate surface area is 228 Å². The molecule has 0 aliphatic heterocycles. The third kappa shape index (κ3) is 8.46. The van der Waals surface area contributed by atoms with Crippen LogP contribution in [0.25, 0.3) is 0 Å². The molecule has 0 radical (unpaired) electrons. The number of rotatable bonds is 13. The quantitative estimate of drug-likeness (QED) is 0.265. The highest BCUT2D eigenvalue weighted by Crippen LogP contribution is 2.26.